The number of nitrogens with one attached hydrogen (secondary N) is 2. The first-order valence-corrected chi connectivity index (χ1v) is 13.9. The van der Waals surface area contributed by atoms with Crippen LogP contribution in [0, 0.1) is 17.8 Å². The molecule has 4 aliphatic rings. The van der Waals surface area contributed by atoms with Crippen molar-refractivity contribution in [3.8, 4) is 5.75 Å². The van der Waals surface area contributed by atoms with Crippen LogP contribution in [0.1, 0.15) is 30.4 Å². The first-order valence-electron chi connectivity index (χ1n) is 13.6. The minimum absolute atomic E-state index is 0.135. The summed E-state index contributed by atoms with van der Waals surface area (Å²) in [7, 11) is 1.72. The molecule has 1 aromatic carbocycles. The Morgan fingerprint density at radius 2 is 1.97 bits per heavy atom. The van der Waals surface area contributed by atoms with Gasteiger partial charge in [0.25, 0.3) is 0 Å². The van der Waals surface area contributed by atoms with Gasteiger partial charge < -0.3 is 25.8 Å². The van der Waals surface area contributed by atoms with Crippen LogP contribution in [0.15, 0.2) is 30.5 Å². The lowest BCUT2D eigenvalue weighted by Gasteiger charge is -2.34. The number of methoxy groups -OCH3 is 1. The summed E-state index contributed by atoms with van der Waals surface area (Å²) in [4.78, 5) is 23.8. The average molecular weight is 539 g/mol. The molecule has 3 aliphatic carbocycles. The molecule has 1 aliphatic heterocycles. The van der Waals surface area contributed by atoms with Crippen molar-refractivity contribution in [3.63, 3.8) is 0 Å². The number of halogens is 1. The molecule has 202 valence electrons. The molecule has 2 bridgehead atoms. The maximum atomic E-state index is 12.2. The van der Waals surface area contributed by atoms with E-state index in [2.05, 4.69) is 43.7 Å². The first-order chi connectivity index (χ1) is 18.5. The zero-order chi connectivity index (χ0) is 26.2. The average Bonchev–Trinajstić information content (AvgIpc) is 3.46. The molecule has 1 saturated heterocycles. The van der Waals surface area contributed by atoms with Gasteiger partial charge in [-0.2, -0.15) is 4.98 Å². The summed E-state index contributed by atoms with van der Waals surface area (Å²) in [5.41, 5.74) is 9.14. The molecule has 38 heavy (non-hydrogen) atoms. The number of hydrogen-bond donors (Lipinski definition) is 3. The Morgan fingerprint density at radius 1 is 1.18 bits per heavy atom. The lowest BCUT2D eigenvalue weighted by Crippen LogP contribution is -2.43. The summed E-state index contributed by atoms with van der Waals surface area (Å²) >= 11 is 6.47. The van der Waals surface area contributed by atoms with Crippen molar-refractivity contribution in [2.75, 3.05) is 44.0 Å². The van der Waals surface area contributed by atoms with E-state index in [0.717, 1.165) is 69.8 Å². The Kier molecular flexibility index (Phi) is 7.16. The van der Waals surface area contributed by atoms with Gasteiger partial charge in [-0.25, -0.2) is 4.98 Å². The van der Waals surface area contributed by atoms with E-state index >= 15 is 0 Å². The molecule has 2 aromatic rings. The van der Waals surface area contributed by atoms with E-state index in [1.807, 2.05) is 6.07 Å². The number of fused-ring (bicyclic) bond motifs is 3. The highest BCUT2D eigenvalue weighted by atomic mass is 35.5. The molecule has 0 unspecified atom stereocenters. The van der Waals surface area contributed by atoms with E-state index in [4.69, 9.17) is 26.8 Å². The number of anilines is 3. The van der Waals surface area contributed by atoms with E-state index in [0.29, 0.717) is 22.8 Å². The quantitative estimate of drug-likeness (QED) is 0.362. The summed E-state index contributed by atoms with van der Waals surface area (Å²) in [6, 6.07) is 4.66. The fourth-order valence-electron chi connectivity index (χ4n) is 6.81. The van der Waals surface area contributed by atoms with Crippen LogP contribution in [0.4, 0.5) is 17.5 Å². The molecule has 1 saturated carbocycles. The summed E-state index contributed by atoms with van der Waals surface area (Å²) in [6.45, 7) is 3.66. The Bertz CT molecular complexity index is 1230. The van der Waals surface area contributed by atoms with E-state index < -0.39 is 0 Å². The predicted molar refractivity (Wildman–Crippen MR) is 147 cm³/mol. The zero-order valence-electron chi connectivity index (χ0n) is 21.7. The number of nitrogens with two attached hydrogens (primary N) is 1. The number of aromatic nitrogens is 2. The number of morpholine rings is 1. The Labute approximate surface area is 228 Å². The number of carbonyl (C=O) groups excluding carboxylic acids is 1. The summed E-state index contributed by atoms with van der Waals surface area (Å²) in [6.07, 6.45) is 11.0. The van der Waals surface area contributed by atoms with Gasteiger partial charge >= 0.3 is 0 Å². The van der Waals surface area contributed by atoms with Gasteiger partial charge in [0.1, 0.15) is 10.8 Å². The SMILES string of the molecule is COc1c(Nc2ncc(Cl)c(N[C@H]3[C@@H](C(N)=O)[C@H]4C=C[C@H]3C4)n2)ccc2c1CC[C@H](N1CCOCC1)CC2. The minimum Gasteiger partial charge on any atom is -0.494 e. The van der Waals surface area contributed by atoms with Crippen LogP contribution in [-0.2, 0) is 22.4 Å². The molecule has 5 atom stereocenters. The van der Waals surface area contributed by atoms with Gasteiger partial charge in [-0.1, -0.05) is 29.8 Å². The van der Waals surface area contributed by atoms with Gasteiger partial charge in [0.15, 0.2) is 5.82 Å². The van der Waals surface area contributed by atoms with Gasteiger partial charge in [0.05, 0.1) is 38.1 Å². The lowest BCUT2D eigenvalue weighted by atomic mass is 9.88. The number of amides is 1. The topological polar surface area (TPSA) is 115 Å². The fraction of sp³-hybridized carbons (Fsp3) is 0.536. The smallest absolute Gasteiger partial charge is 0.229 e. The van der Waals surface area contributed by atoms with Gasteiger partial charge in [0, 0.05) is 25.2 Å². The lowest BCUT2D eigenvalue weighted by molar-refractivity contribution is -0.122. The van der Waals surface area contributed by atoms with Gasteiger partial charge in [-0.15, -0.1) is 0 Å². The second-order valence-electron chi connectivity index (χ2n) is 10.7. The van der Waals surface area contributed by atoms with Crippen LogP contribution < -0.4 is 21.1 Å². The molecule has 2 fully saturated rings. The molecule has 2 heterocycles. The fourth-order valence-corrected chi connectivity index (χ4v) is 6.95. The van der Waals surface area contributed by atoms with Crippen LogP contribution in [0.3, 0.4) is 0 Å². The largest absolute Gasteiger partial charge is 0.494 e. The third-order valence-electron chi connectivity index (χ3n) is 8.68. The number of nitrogens with zero attached hydrogens (tertiary/aromatic N) is 3. The Balaban J connectivity index is 1.21. The molecule has 1 amide bonds. The van der Waals surface area contributed by atoms with Gasteiger partial charge in [-0.05, 0) is 61.1 Å². The van der Waals surface area contributed by atoms with Crippen molar-refractivity contribution in [3.05, 3.63) is 46.6 Å². The number of ether oxygens (including phenoxy) is 2. The van der Waals surface area contributed by atoms with E-state index in [1.54, 1.807) is 13.3 Å². The van der Waals surface area contributed by atoms with E-state index in [1.165, 1.54) is 11.1 Å². The molecule has 6 rings (SSSR count). The van der Waals surface area contributed by atoms with Gasteiger partial charge in [-0.3, -0.25) is 9.69 Å². The van der Waals surface area contributed by atoms with Crippen molar-refractivity contribution >= 4 is 35.0 Å². The van der Waals surface area contributed by atoms with Crippen LogP contribution in [0.2, 0.25) is 5.02 Å². The molecular formula is C28H35ClN6O3. The van der Waals surface area contributed by atoms with Crippen molar-refractivity contribution < 1.29 is 14.3 Å². The molecule has 9 nitrogen and oxygen atoms in total. The number of primary amides is 1. The highest BCUT2D eigenvalue weighted by Gasteiger charge is 2.47. The van der Waals surface area contributed by atoms with Crippen molar-refractivity contribution in [2.24, 2.45) is 23.5 Å². The number of aryl methyl sites for hydroxylation is 1. The Morgan fingerprint density at radius 3 is 2.76 bits per heavy atom. The molecular weight excluding hydrogens is 504 g/mol. The Hall–Kier alpha value is -2.88. The monoisotopic (exact) mass is 538 g/mol. The number of carbonyl (C=O) groups is 1. The van der Waals surface area contributed by atoms with Crippen molar-refractivity contribution in [2.45, 2.75) is 44.2 Å². The minimum atomic E-state index is -0.298. The number of hydrogen-bond acceptors (Lipinski definition) is 8. The van der Waals surface area contributed by atoms with Crippen LogP contribution in [-0.4, -0.2) is 66.3 Å². The number of benzene rings is 1. The van der Waals surface area contributed by atoms with E-state index in [-0.39, 0.29) is 29.7 Å². The molecule has 0 spiro atoms. The molecule has 4 N–H and O–H groups in total. The highest BCUT2D eigenvalue weighted by Crippen LogP contribution is 2.45. The standard InChI is InChI=1S/C28H35ClN6O3/c1-37-25-20-8-7-19(35-10-12-38-13-11-35)6-4-16(20)5-9-22(25)32-28-31-15-21(29)27(34-28)33-24-18-3-2-17(14-18)23(24)26(30)36/h2-3,5,9,15,17-19,23-24H,4,6-8,10-14H2,1H3,(H2,30,36)(H2,31,32,33,34)/t17-,18-,19+,23-,24+/m0/s1. The van der Waals surface area contributed by atoms with Crippen molar-refractivity contribution in [1.82, 2.24) is 14.9 Å². The number of allylic oxidation sites excluding steroid dienone is 1. The summed E-state index contributed by atoms with van der Waals surface area (Å²) < 4.78 is 11.5. The molecule has 0 radical (unpaired) electrons. The van der Waals surface area contributed by atoms with Crippen LogP contribution >= 0.6 is 11.6 Å². The predicted octanol–water partition coefficient (Wildman–Crippen LogP) is 3.55. The van der Waals surface area contributed by atoms with Crippen LogP contribution in [0.5, 0.6) is 5.75 Å². The maximum absolute atomic E-state index is 12.2. The van der Waals surface area contributed by atoms with E-state index in [9.17, 15) is 4.79 Å². The van der Waals surface area contributed by atoms with Crippen molar-refractivity contribution in [1.29, 1.82) is 0 Å². The summed E-state index contributed by atoms with van der Waals surface area (Å²) in [5, 5.41) is 7.15. The third kappa shape index (κ3) is 4.83. The molecule has 1 aromatic heterocycles. The molecule has 10 heteroatoms. The second kappa shape index (κ2) is 10.7. The number of rotatable bonds is 7. The normalized spacial score (nSPS) is 28.5. The first kappa shape index (κ1) is 25.4. The third-order valence-corrected chi connectivity index (χ3v) is 8.96. The second-order valence-corrected chi connectivity index (χ2v) is 11.1. The van der Waals surface area contributed by atoms with Gasteiger partial charge in [0.2, 0.25) is 11.9 Å². The maximum Gasteiger partial charge on any atom is 0.229 e. The summed E-state index contributed by atoms with van der Waals surface area (Å²) in [5.74, 6) is 1.55. The zero-order valence-corrected chi connectivity index (χ0v) is 22.4. The van der Waals surface area contributed by atoms with Crippen LogP contribution in [0.25, 0.3) is 0 Å². The highest BCUT2D eigenvalue weighted by molar-refractivity contribution is 6.32.